The zero-order valence-corrected chi connectivity index (χ0v) is 17.4. The van der Waals surface area contributed by atoms with Crippen LogP contribution in [0.15, 0.2) is 62.9 Å². The highest BCUT2D eigenvalue weighted by atomic mass is 79.9. The molecule has 2 aromatic rings. The molecule has 1 heterocycles. The van der Waals surface area contributed by atoms with Crippen molar-refractivity contribution >= 4 is 50.5 Å². The maximum Gasteiger partial charge on any atom is 0.266 e. The molecule has 1 amide bonds. The van der Waals surface area contributed by atoms with Crippen molar-refractivity contribution in [3.63, 3.8) is 0 Å². The normalized spacial score (nSPS) is 17.1. The number of halogens is 1. The molecule has 3 rings (SSSR count). The number of rotatable bonds is 6. The molecule has 140 valence electrons. The van der Waals surface area contributed by atoms with E-state index in [1.807, 2.05) is 54.6 Å². The monoisotopic (exact) mass is 446 g/mol. The summed E-state index contributed by atoms with van der Waals surface area (Å²) in [6, 6.07) is 15.3. The fraction of sp³-hybridized carbons (Fsp3) is 0.200. The number of ether oxygens (including phenoxy) is 2. The maximum absolute atomic E-state index is 12.9. The van der Waals surface area contributed by atoms with E-state index >= 15 is 0 Å². The number of hydrogen-bond acceptors (Lipinski definition) is 5. The van der Waals surface area contributed by atoms with Gasteiger partial charge in [-0.05, 0) is 48.2 Å². The predicted molar refractivity (Wildman–Crippen MR) is 113 cm³/mol. The number of carbonyl (C=O) groups excluding carboxylic acids is 1. The van der Waals surface area contributed by atoms with Gasteiger partial charge in [-0.2, -0.15) is 0 Å². The Bertz CT molecular complexity index is 884. The lowest BCUT2D eigenvalue weighted by atomic mass is 10.2. The number of thioether (sulfide) groups is 1. The van der Waals surface area contributed by atoms with Gasteiger partial charge in [0.2, 0.25) is 0 Å². The molecule has 7 heteroatoms. The summed E-state index contributed by atoms with van der Waals surface area (Å²) in [6.45, 7) is 0.883. The molecular weight excluding hydrogens is 428 g/mol. The van der Waals surface area contributed by atoms with Gasteiger partial charge < -0.3 is 9.47 Å². The second kappa shape index (κ2) is 9.21. The Morgan fingerprint density at radius 1 is 1.19 bits per heavy atom. The van der Waals surface area contributed by atoms with E-state index in [9.17, 15) is 4.79 Å². The van der Waals surface area contributed by atoms with E-state index in [0.29, 0.717) is 29.0 Å². The third kappa shape index (κ3) is 4.80. The smallest absolute Gasteiger partial charge is 0.266 e. The average Bonchev–Trinajstić information content (AvgIpc) is 2.95. The Morgan fingerprint density at radius 3 is 2.67 bits per heavy atom. The molecule has 0 aliphatic carbocycles. The summed E-state index contributed by atoms with van der Waals surface area (Å²) in [6.07, 6.45) is 1.84. The highest BCUT2D eigenvalue weighted by Gasteiger charge is 2.33. The van der Waals surface area contributed by atoms with E-state index in [2.05, 4.69) is 20.9 Å². The standard InChI is InChI=1S/C20H19BrN2O3S/c1-25-11-10-23-19(24)18(13-14-12-15(21)8-9-17(14)26-2)27-20(23)22-16-6-4-3-5-7-16/h3-9,12-13H,10-11H2,1-2H3. The third-order valence-electron chi connectivity index (χ3n) is 3.87. The average molecular weight is 447 g/mol. The number of amidine groups is 1. The van der Waals surface area contributed by atoms with Gasteiger partial charge in [0.1, 0.15) is 5.75 Å². The molecule has 1 saturated heterocycles. The SMILES string of the molecule is COCCN1C(=O)C(=Cc2cc(Br)ccc2OC)SC1=Nc1ccccc1. The summed E-state index contributed by atoms with van der Waals surface area (Å²) in [7, 11) is 3.23. The molecule has 27 heavy (non-hydrogen) atoms. The number of benzene rings is 2. The van der Waals surface area contributed by atoms with E-state index < -0.39 is 0 Å². The zero-order valence-electron chi connectivity index (χ0n) is 15.0. The lowest BCUT2D eigenvalue weighted by Crippen LogP contribution is -2.32. The molecular formula is C20H19BrN2O3S. The van der Waals surface area contributed by atoms with Crippen LogP contribution in [-0.4, -0.2) is 43.3 Å². The number of hydrogen-bond donors (Lipinski definition) is 0. The first-order valence-corrected chi connectivity index (χ1v) is 9.91. The van der Waals surface area contributed by atoms with Crippen molar-refractivity contribution in [2.75, 3.05) is 27.4 Å². The number of amides is 1. The van der Waals surface area contributed by atoms with Crippen molar-refractivity contribution < 1.29 is 14.3 Å². The Morgan fingerprint density at radius 2 is 1.96 bits per heavy atom. The van der Waals surface area contributed by atoms with Crippen molar-refractivity contribution in [2.24, 2.45) is 4.99 Å². The number of carbonyl (C=O) groups is 1. The minimum absolute atomic E-state index is 0.0891. The van der Waals surface area contributed by atoms with Gasteiger partial charge in [0, 0.05) is 17.1 Å². The highest BCUT2D eigenvalue weighted by molar-refractivity contribution is 9.10. The molecule has 2 aromatic carbocycles. The highest BCUT2D eigenvalue weighted by Crippen LogP contribution is 2.36. The summed E-state index contributed by atoms with van der Waals surface area (Å²) < 4.78 is 11.5. The first kappa shape index (κ1) is 19.7. The lowest BCUT2D eigenvalue weighted by molar-refractivity contribution is -0.122. The molecule has 0 unspecified atom stereocenters. The molecule has 5 nitrogen and oxygen atoms in total. The fourth-order valence-corrected chi connectivity index (χ4v) is 3.94. The molecule has 0 spiro atoms. The van der Waals surface area contributed by atoms with Crippen LogP contribution in [0.1, 0.15) is 5.56 Å². The van der Waals surface area contributed by atoms with Crippen LogP contribution in [0.3, 0.4) is 0 Å². The van der Waals surface area contributed by atoms with Crippen LogP contribution in [0.4, 0.5) is 5.69 Å². The topological polar surface area (TPSA) is 51.1 Å². The molecule has 1 aliphatic heterocycles. The molecule has 0 bridgehead atoms. The van der Waals surface area contributed by atoms with Crippen LogP contribution in [0.5, 0.6) is 5.75 Å². The molecule has 0 saturated carbocycles. The van der Waals surface area contributed by atoms with Gasteiger partial charge in [-0.1, -0.05) is 34.1 Å². The van der Waals surface area contributed by atoms with E-state index in [1.165, 1.54) is 11.8 Å². The van der Waals surface area contributed by atoms with Crippen LogP contribution < -0.4 is 4.74 Å². The molecule has 1 fully saturated rings. The Labute approximate surface area is 171 Å². The van der Waals surface area contributed by atoms with Crippen LogP contribution in [0.2, 0.25) is 0 Å². The molecule has 0 atom stereocenters. The minimum atomic E-state index is -0.0891. The van der Waals surface area contributed by atoms with Gasteiger partial charge in [-0.15, -0.1) is 0 Å². The number of aliphatic imine (C=N–C) groups is 1. The van der Waals surface area contributed by atoms with E-state index in [4.69, 9.17) is 9.47 Å². The van der Waals surface area contributed by atoms with Gasteiger partial charge in [0.05, 0.1) is 30.9 Å². The molecule has 0 radical (unpaired) electrons. The van der Waals surface area contributed by atoms with E-state index in [1.54, 1.807) is 19.1 Å². The first-order valence-electron chi connectivity index (χ1n) is 8.30. The predicted octanol–water partition coefficient (Wildman–Crippen LogP) is 4.71. The second-order valence-electron chi connectivity index (χ2n) is 5.68. The quantitative estimate of drug-likeness (QED) is 0.602. The summed E-state index contributed by atoms with van der Waals surface area (Å²) in [5.41, 5.74) is 1.63. The van der Waals surface area contributed by atoms with Crippen LogP contribution in [0.25, 0.3) is 6.08 Å². The number of para-hydroxylation sites is 1. The van der Waals surface area contributed by atoms with Crippen LogP contribution in [0, 0.1) is 0 Å². The van der Waals surface area contributed by atoms with Crippen molar-refractivity contribution in [3.8, 4) is 5.75 Å². The fourth-order valence-electron chi connectivity index (χ4n) is 2.54. The van der Waals surface area contributed by atoms with Gasteiger partial charge >= 0.3 is 0 Å². The van der Waals surface area contributed by atoms with Crippen molar-refractivity contribution in [1.29, 1.82) is 0 Å². The number of nitrogens with zero attached hydrogens (tertiary/aromatic N) is 2. The van der Waals surface area contributed by atoms with Crippen molar-refractivity contribution in [1.82, 2.24) is 4.90 Å². The minimum Gasteiger partial charge on any atom is -0.496 e. The van der Waals surface area contributed by atoms with Gasteiger partial charge in [-0.25, -0.2) is 4.99 Å². The van der Waals surface area contributed by atoms with Gasteiger partial charge in [0.25, 0.3) is 5.91 Å². The first-order chi connectivity index (χ1) is 13.1. The van der Waals surface area contributed by atoms with Gasteiger partial charge in [0.15, 0.2) is 5.17 Å². The van der Waals surface area contributed by atoms with E-state index in [-0.39, 0.29) is 5.91 Å². The summed E-state index contributed by atoms with van der Waals surface area (Å²) in [5.74, 6) is 0.616. The van der Waals surface area contributed by atoms with Gasteiger partial charge in [-0.3, -0.25) is 9.69 Å². The van der Waals surface area contributed by atoms with Crippen LogP contribution >= 0.6 is 27.7 Å². The largest absolute Gasteiger partial charge is 0.496 e. The maximum atomic E-state index is 12.9. The number of methoxy groups -OCH3 is 2. The molecule has 0 N–H and O–H groups in total. The zero-order chi connectivity index (χ0) is 19.2. The summed E-state index contributed by atoms with van der Waals surface area (Å²) in [5, 5.41) is 0.642. The molecule has 1 aliphatic rings. The summed E-state index contributed by atoms with van der Waals surface area (Å²) in [4.78, 5) is 19.8. The van der Waals surface area contributed by atoms with Crippen molar-refractivity contribution in [3.05, 3.63) is 63.5 Å². The Kier molecular flexibility index (Phi) is 6.71. The van der Waals surface area contributed by atoms with Crippen LogP contribution in [-0.2, 0) is 9.53 Å². The molecule has 0 aromatic heterocycles. The van der Waals surface area contributed by atoms with Crippen molar-refractivity contribution in [2.45, 2.75) is 0 Å². The second-order valence-corrected chi connectivity index (χ2v) is 7.60. The lowest BCUT2D eigenvalue weighted by Gasteiger charge is -2.14. The third-order valence-corrected chi connectivity index (χ3v) is 5.37. The Balaban J connectivity index is 1.97. The van der Waals surface area contributed by atoms with E-state index in [0.717, 1.165) is 15.7 Å². The Hall–Kier alpha value is -2.09. The summed E-state index contributed by atoms with van der Waals surface area (Å²) >= 11 is 4.82.